The summed E-state index contributed by atoms with van der Waals surface area (Å²) in [7, 11) is 0. The molecule has 2 heterocycles. The van der Waals surface area contributed by atoms with Gasteiger partial charge < -0.3 is 4.90 Å². The van der Waals surface area contributed by atoms with Crippen LogP contribution in [0.2, 0.25) is 5.02 Å². The number of hydrogen-bond acceptors (Lipinski definition) is 4. The van der Waals surface area contributed by atoms with Gasteiger partial charge in [-0.1, -0.05) is 44.1 Å². The smallest absolute Gasteiger partial charge is 0.262 e. The van der Waals surface area contributed by atoms with Gasteiger partial charge in [-0.25, -0.2) is 4.98 Å². The number of aromatic nitrogens is 2. The first-order valence-corrected chi connectivity index (χ1v) is 11.3. The summed E-state index contributed by atoms with van der Waals surface area (Å²) < 4.78 is 1.71. The zero-order valence-electron chi connectivity index (χ0n) is 16.8. The van der Waals surface area contributed by atoms with Crippen molar-refractivity contribution in [2.45, 2.75) is 51.7 Å². The van der Waals surface area contributed by atoms with Gasteiger partial charge in [0, 0.05) is 24.7 Å². The molecule has 5 nitrogen and oxygen atoms in total. The fraction of sp³-hybridized carbons (Fsp3) is 0.571. The Kier molecular flexibility index (Phi) is 7.05. The number of carbonyl (C=O) groups excluding carboxylic acids is 1. The van der Waals surface area contributed by atoms with E-state index >= 15 is 0 Å². The van der Waals surface area contributed by atoms with Crippen molar-refractivity contribution in [2.24, 2.45) is 11.8 Å². The summed E-state index contributed by atoms with van der Waals surface area (Å²) in [5, 5.41) is 1.71. The predicted octanol–water partition coefficient (Wildman–Crippen LogP) is 4.45. The van der Waals surface area contributed by atoms with Gasteiger partial charge >= 0.3 is 0 Å². The van der Waals surface area contributed by atoms with Crippen molar-refractivity contribution in [1.82, 2.24) is 14.5 Å². The highest BCUT2D eigenvalue weighted by molar-refractivity contribution is 7.99. The maximum atomic E-state index is 13.0. The molecule has 0 unspecified atom stereocenters. The normalized spacial score (nSPS) is 15.5. The Morgan fingerprint density at radius 1 is 1.32 bits per heavy atom. The Hall–Kier alpha value is -1.53. The molecule has 0 atom stereocenters. The lowest BCUT2D eigenvalue weighted by atomic mass is 9.99. The molecule has 1 fully saturated rings. The van der Waals surface area contributed by atoms with E-state index in [9.17, 15) is 9.59 Å². The lowest BCUT2D eigenvalue weighted by molar-refractivity contribution is -0.129. The number of piperidine rings is 1. The van der Waals surface area contributed by atoms with Crippen LogP contribution in [0.15, 0.2) is 28.2 Å². The molecule has 3 rings (SSSR count). The molecule has 2 aromatic rings. The summed E-state index contributed by atoms with van der Waals surface area (Å²) in [5.74, 6) is 1.58. The van der Waals surface area contributed by atoms with Crippen LogP contribution in [0, 0.1) is 11.8 Å². The topological polar surface area (TPSA) is 55.2 Å². The van der Waals surface area contributed by atoms with Crippen molar-refractivity contribution in [1.29, 1.82) is 0 Å². The number of fused-ring (bicyclic) bond motifs is 1. The molecular weight excluding hydrogens is 394 g/mol. The van der Waals surface area contributed by atoms with Gasteiger partial charge in [-0.15, -0.1) is 0 Å². The lowest BCUT2D eigenvalue weighted by Crippen LogP contribution is -2.39. The maximum Gasteiger partial charge on any atom is 0.262 e. The SMILES string of the molecule is CC(C)CCn1c(SCC(=O)N2CCC(C)CC2)nc2cc(Cl)ccc2c1=O. The van der Waals surface area contributed by atoms with Gasteiger partial charge in [0.25, 0.3) is 5.56 Å². The summed E-state index contributed by atoms with van der Waals surface area (Å²) in [4.78, 5) is 32.3. The van der Waals surface area contributed by atoms with Crippen LogP contribution in [0.3, 0.4) is 0 Å². The fourth-order valence-electron chi connectivity index (χ4n) is 3.34. The lowest BCUT2D eigenvalue weighted by Gasteiger charge is -2.30. The van der Waals surface area contributed by atoms with Crippen LogP contribution in [-0.2, 0) is 11.3 Å². The number of thioether (sulfide) groups is 1. The first-order valence-electron chi connectivity index (χ1n) is 9.96. The molecule has 28 heavy (non-hydrogen) atoms. The van der Waals surface area contributed by atoms with E-state index in [1.807, 2.05) is 4.90 Å². The largest absolute Gasteiger partial charge is 0.342 e. The molecule has 7 heteroatoms. The minimum Gasteiger partial charge on any atom is -0.342 e. The zero-order valence-corrected chi connectivity index (χ0v) is 18.4. The van der Waals surface area contributed by atoms with Crippen LogP contribution in [-0.4, -0.2) is 39.2 Å². The summed E-state index contributed by atoms with van der Waals surface area (Å²) in [5.41, 5.74) is 0.518. The van der Waals surface area contributed by atoms with E-state index < -0.39 is 0 Å². The molecule has 1 aliphatic heterocycles. The average Bonchev–Trinajstić information content (AvgIpc) is 2.65. The molecule has 0 radical (unpaired) electrons. The molecule has 1 saturated heterocycles. The van der Waals surface area contributed by atoms with Crippen molar-refractivity contribution in [3.8, 4) is 0 Å². The zero-order chi connectivity index (χ0) is 20.3. The summed E-state index contributed by atoms with van der Waals surface area (Å²) in [6, 6.07) is 5.16. The van der Waals surface area contributed by atoms with Gasteiger partial charge in [0.2, 0.25) is 5.91 Å². The summed E-state index contributed by atoms with van der Waals surface area (Å²) in [6.07, 6.45) is 3.00. The summed E-state index contributed by atoms with van der Waals surface area (Å²) in [6.45, 7) is 8.73. The van der Waals surface area contributed by atoms with Crippen LogP contribution in [0.4, 0.5) is 0 Å². The number of nitrogens with zero attached hydrogens (tertiary/aromatic N) is 3. The fourth-order valence-corrected chi connectivity index (χ4v) is 4.44. The summed E-state index contributed by atoms with van der Waals surface area (Å²) >= 11 is 7.44. The third-order valence-electron chi connectivity index (χ3n) is 5.27. The van der Waals surface area contributed by atoms with Crippen molar-refractivity contribution in [2.75, 3.05) is 18.8 Å². The Labute approximate surface area is 175 Å². The third-order valence-corrected chi connectivity index (χ3v) is 6.47. The molecule has 0 saturated carbocycles. The number of hydrogen-bond donors (Lipinski definition) is 0. The Balaban J connectivity index is 1.84. The molecule has 1 amide bonds. The van der Waals surface area contributed by atoms with E-state index in [2.05, 4.69) is 25.8 Å². The Bertz CT molecular complexity index is 904. The van der Waals surface area contributed by atoms with E-state index in [1.165, 1.54) is 11.8 Å². The highest BCUT2D eigenvalue weighted by atomic mass is 35.5. The van der Waals surface area contributed by atoms with E-state index in [0.717, 1.165) is 32.4 Å². The van der Waals surface area contributed by atoms with Crippen LogP contribution in [0.5, 0.6) is 0 Å². The number of halogens is 1. The first kappa shape index (κ1) is 21.2. The van der Waals surface area contributed by atoms with Crippen LogP contribution in [0.1, 0.15) is 40.0 Å². The second-order valence-electron chi connectivity index (χ2n) is 8.05. The maximum absolute atomic E-state index is 13.0. The van der Waals surface area contributed by atoms with Crippen molar-refractivity contribution in [3.05, 3.63) is 33.6 Å². The predicted molar refractivity (Wildman–Crippen MR) is 116 cm³/mol. The average molecular weight is 422 g/mol. The van der Waals surface area contributed by atoms with Gasteiger partial charge in [-0.3, -0.25) is 14.2 Å². The monoisotopic (exact) mass is 421 g/mol. The highest BCUT2D eigenvalue weighted by Crippen LogP contribution is 2.23. The number of carbonyl (C=O) groups is 1. The number of rotatable bonds is 6. The number of amides is 1. The molecule has 1 aliphatic rings. The Morgan fingerprint density at radius 3 is 2.71 bits per heavy atom. The molecule has 0 bridgehead atoms. The first-order chi connectivity index (χ1) is 13.3. The van der Waals surface area contributed by atoms with Crippen LogP contribution < -0.4 is 5.56 Å². The van der Waals surface area contributed by atoms with E-state index in [1.54, 1.807) is 22.8 Å². The number of likely N-dealkylation sites (tertiary alicyclic amines) is 1. The second kappa shape index (κ2) is 9.31. The van der Waals surface area contributed by atoms with Crippen molar-refractivity contribution >= 4 is 40.2 Å². The van der Waals surface area contributed by atoms with E-state index in [-0.39, 0.29) is 11.5 Å². The molecule has 152 valence electrons. The third kappa shape index (κ3) is 5.09. The van der Waals surface area contributed by atoms with Gasteiger partial charge in [-0.05, 0) is 49.3 Å². The van der Waals surface area contributed by atoms with Crippen molar-refractivity contribution in [3.63, 3.8) is 0 Å². The quantitative estimate of drug-likeness (QED) is 0.510. The minimum atomic E-state index is -0.0657. The molecule has 1 aromatic carbocycles. The Morgan fingerprint density at radius 2 is 2.04 bits per heavy atom. The van der Waals surface area contributed by atoms with Crippen LogP contribution >= 0.6 is 23.4 Å². The number of benzene rings is 1. The molecule has 1 aromatic heterocycles. The van der Waals surface area contributed by atoms with E-state index in [0.29, 0.717) is 45.2 Å². The van der Waals surface area contributed by atoms with Gasteiger partial charge in [0.15, 0.2) is 5.16 Å². The van der Waals surface area contributed by atoms with Gasteiger partial charge in [0.1, 0.15) is 0 Å². The van der Waals surface area contributed by atoms with Gasteiger partial charge in [0.05, 0.1) is 16.7 Å². The van der Waals surface area contributed by atoms with Crippen LogP contribution in [0.25, 0.3) is 10.9 Å². The molecule has 0 N–H and O–H groups in total. The standard InChI is InChI=1S/C21H28ClN3O2S/c1-14(2)6-11-25-20(27)17-5-4-16(22)12-18(17)23-21(25)28-13-19(26)24-9-7-15(3)8-10-24/h4-5,12,14-15H,6-11,13H2,1-3H3. The van der Waals surface area contributed by atoms with Crippen molar-refractivity contribution < 1.29 is 4.79 Å². The molecule has 0 aliphatic carbocycles. The second-order valence-corrected chi connectivity index (χ2v) is 9.43. The van der Waals surface area contributed by atoms with Gasteiger partial charge in [-0.2, -0.15) is 0 Å². The minimum absolute atomic E-state index is 0.0657. The van der Waals surface area contributed by atoms with E-state index in [4.69, 9.17) is 11.6 Å². The molecule has 0 spiro atoms. The highest BCUT2D eigenvalue weighted by Gasteiger charge is 2.21. The molecular formula is C21H28ClN3O2S.